The van der Waals surface area contributed by atoms with Gasteiger partial charge in [-0.2, -0.15) is 0 Å². The highest BCUT2D eigenvalue weighted by Crippen LogP contribution is 1.99. The van der Waals surface area contributed by atoms with E-state index in [9.17, 15) is 24.0 Å². The van der Waals surface area contributed by atoms with Crippen molar-refractivity contribution in [3.05, 3.63) is 0 Å². The number of carboxylic acid groups (broad SMARTS) is 2. The van der Waals surface area contributed by atoms with Crippen molar-refractivity contribution in [1.82, 2.24) is 16.0 Å². The van der Waals surface area contributed by atoms with E-state index >= 15 is 0 Å². The Labute approximate surface area is 131 Å². The third-order valence-corrected chi connectivity index (χ3v) is 2.55. The lowest BCUT2D eigenvalue weighted by atomic mass is 10.1. The van der Waals surface area contributed by atoms with Crippen molar-refractivity contribution >= 4 is 29.7 Å². The number of nitrogens with two attached hydrogens (primary N) is 1. The Kier molecular flexibility index (Phi) is 8.92. The van der Waals surface area contributed by atoms with Gasteiger partial charge in [-0.05, 0) is 13.3 Å². The molecule has 3 amide bonds. The molecule has 0 aromatic heterocycles. The maximum Gasteiger partial charge on any atom is 0.322 e. The first-order valence-electron chi connectivity index (χ1n) is 6.67. The number of amides is 3. The summed E-state index contributed by atoms with van der Waals surface area (Å²) in [6.45, 7) is 0.281. The predicted octanol–water partition coefficient (Wildman–Crippen LogP) is -3.00. The quantitative estimate of drug-likeness (QED) is 0.244. The monoisotopic (exact) mass is 332 g/mol. The second kappa shape index (κ2) is 10.1. The number of nitrogens with one attached hydrogen (secondary N) is 3. The molecule has 0 aliphatic carbocycles. The number of carbonyl (C=O) groups is 5. The molecular formula is C12H20N4O7. The summed E-state index contributed by atoms with van der Waals surface area (Å²) in [6.07, 6.45) is -0.557. The van der Waals surface area contributed by atoms with E-state index in [1.165, 1.54) is 6.92 Å². The van der Waals surface area contributed by atoms with Crippen molar-refractivity contribution in [3.8, 4) is 0 Å². The molecule has 0 radical (unpaired) electrons. The summed E-state index contributed by atoms with van der Waals surface area (Å²) in [5.74, 6) is -4.56. The van der Waals surface area contributed by atoms with Gasteiger partial charge in [0.25, 0.3) is 0 Å². The molecule has 0 fully saturated rings. The highest BCUT2D eigenvalue weighted by atomic mass is 16.4. The maximum absolute atomic E-state index is 11.9. The number of hydrogen-bond acceptors (Lipinski definition) is 6. The average Bonchev–Trinajstić information content (AvgIpc) is 2.46. The van der Waals surface area contributed by atoms with Crippen LogP contribution in [0.1, 0.15) is 19.8 Å². The van der Waals surface area contributed by atoms with Crippen LogP contribution < -0.4 is 21.7 Å². The van der Waals surface area contributed by atoms with Crippen LogP contribution in [0.4, 0.5) is 0 Å². The van der Waals surface area contributed by atoms with E-state index < -0.39 is 54.8 Å². The molecule has 0 saturated heterocycles. The molecule has 11 heteroatoms. The third kappa shape index (κ3) is 9.79. The summed E-state index contributed by atoms with van der Waals surface area (Å²) >= 11 is 0. The number of carboxylic acids is 2. The van der Waals surface area contributed by atoms with E-state index in [0.717, 1.165) is 0 Å². The lowest BCUT2D eigenvalue weighted by Crippen LogP contribution is -2.52. The van der Waals surface area contributed by atoms with Crippen LogP contribution in [0.25, 0.3) is 0 Å². The molecule has 11 nitrogen and oxygen atoms in total. The van der Waals surface area contributed by atoms with E-state index in [1.54, 1.807) is 0 Å². The summed E-state index contributed by atoms with van der Waals surface area (Å²) in [4.78, 5) is 55.5. The van der Waals surface area contributed by atoms with Gasteiger partial charge in [-0.1, -0.05) is 0 Å². The maximum atomic E-state index is 11.9. The molecule has 0 aliphatic heterocycles. The molecule has 0 aromatic rings. The Balaban J connectivity index is 4.53. The minimum absolute atomic E-state index is 0.184. The fraction of sp³-hybridized carbons (Fsp3) is 0.583. The van der Waals surface area contributed by atoms with Gasteiger partial charge in [-0.15, -0.1) is 0 Å². The van der Waals surface area contributed by atoms with Crippen LogP contribution in [-0.2, 0) is 24.0 Å². The van der Waals surface area contributed by atoms with Crippen LogP contribution in [-0.4, -0.2) is 65.0 Å². The topological polar surface area (TPSA) is 188 Å². The van der Waals surface area contributed by atoms with Gasteiger partial charge in [-0.25, -0.2) is 0 Å². The van der Waals surface area contributed by atoms with Gasteiger partial charge in [-0.3, -0.25) is 24.0 Å². The first-order chi connectivity index (χ1) is 10.6. The first kappa shape index (κ1) is 20.3. The van der Waals surface area contributed by atoms with Crippen molar-refractivity contribution in [2.45, 2.75) is 31.8 Å². The lowest BCUT2D eigenvalue weighted by molar-refractivity contribution is -0.138. The van der Waals surface area contributed by atoms with E-state index in [2.05, 4.69) is 10.6 Å². The molecule has 2 atom stereocenters. The highest BCUT2D eigenvalue weighted by Gasteiger charge is 2.23. The zero-order valence-corrected chi connectivity index (χ0v) is 12.5. The standard InChI is InChI=1S/C12H20N4O7/c1-6(13)11(22)16-7(2-3-9(18)19)12(23)15-4-8(17)14-5-10(20)21/h6-7H,2-5,13H2,1H3,(H,14,17)(H,15,23)(H,16,22)(H,18,19)(H,20,21). The molecule has 0 saturated carbocycles. The molecule has 0 bridgehead atoms. The zero-order valence-electron chi connectivity index (χ0n) is 12.5. The van der Waals surface area contributed by atoms with Crippen LogP contribution in [0.2, 0.25) is 0 Å². The van der Waals surface area contributed by atoms with Crippen molar-refractivity contribution in [2.75, 3.05) is 13.1 Å². The predicted molar refractivity (Wildman–Crippen MR) is 76.1 cm³/mol. The fourth-order valence-corrected chi connectivity index (χ4v) is 1.37. The first-order valence-corrected chi connectivity index (χ1v) is 6.67. The minimum Gasteiger partial charge on any atom is -0.481 e. The van der Waals surface area contributed by atoms with Gasteiger partial charge >= 0.3 is 11.9 Å². The van der Waals surface area contributed by atoms with Crippen molar-refractivity contribution in [1.29, 1.82) is 0 Å². The van der Waals surface area contributed by atoms with Gasteiger partial charge in [0.15, 0.2) is 0 Å². The number of hydrogen-bond donors (Lipinski definition) is 6. The lowest BCUT2D eigenvalue weighted by Gasteiger charge is -2.18. The van der Waals surface area contributed by atoms with Gasteiger partial charge in [0.05, 0.1) is 12.6 Å². The molecule has 23 heavy (non-hydrogen) atoms. The second-order valence-corrected chi connectivity index (χ2v) is 4.67. The van der Waals surface area contributed by atoms with E-state index in [0.29, 0.717) is 0 Å². The Morgan fingerprint density at radius 2 is 1.57 bits per heavy atom. The Hall–Kier alpha value is -2.69. The largest absolute Gasteiger partial charge is 0.481 e. The molecule has 130 valence electrons. The Morgan fingerprint density at radius 1 is 0.957 bits per heavy atom. The summed E-state index contributed by atoms with van der Waals surface area (Å²) in [5.41, 5.74) is 5.35. The van der Waals surface area contributed by atoms with Gasteiger partial charge in [0.1, 0.15) is 12.6 Å². The Bertz CT molecular complexity index is 478. The summed E-state index contributed by atoms with van der Waals surface area (Å²) in [6, 6.07) is -2.06. The fourth-order valence-electron chi connectivity index (χ4n) is 1.37. The average molecular weight is 332 g/mol. The molecular weight excluding hydrogens is 312 g/mol. The smallest absolute Gasteiger partial charge is 0.322 e. The summed E-state index contributed by atoms with van der Waals surface area (Å²) in [5, 5.41) is 23.5. The molecule has 0 spiro atoms. The van der Waals surface area contributed by atoms with Crippen molar-refractivity contribution in [3.63, 3.8) is 0 Å². The van der Waals surface area contributed by atoms with Crippen LogP contribution in [0, 0.1) is 0 Å². The van der Waals surface area contributed by atoms with Crippen molar-refractivity contribution in [2.24, 2.45) is 5.73 Å². The zero-order chi connectivity index (χ0) is 18.0. The normalized spacial score (nSPS) is 12.6. The van der Waals surface area contributed by atoms with Crippen molar-refractivity contribution < 1.29 is 34.2 Å². The van der Waals surface area contributed by atoms with Gasteiger partial charge in [0.2, 0.25) is 17.7 Å². The van der Waals surface area contributed by atoms with E-state index in [4.69, 9.17) is 15.9 Å². The summed E-state index contributed by atoms with van der Waals surface area (Å²) < 4.78 is 0. The molecule has 2 unspecified atom stereocenters. The SMILES string of the molecule is CC(N)C(=O)NC(CCC(=O)O)C(=O)NCC(=O)NCC(=O)O. The molecule has 0 aromatic carbocycles. The van der Waals surface area contributed by atoms with Crippen LogP contribution >= 0.6 is 0 Å². The summed E-state index contributed by atoms with van der Waals surface area (Å²) in [7, 11) is 0. The van der Waals surface area contributed by atoms with Gasteiger partial charge in [0, 0.05) is 6.42 Å². The highest BCUT2D eigenvalue weighted by molar-refractivity contribution is 5.92. The van der Waals surface area contributed by atoms with E-state index in [1.807, 2.05) is 5.32 Å². The molecule has 7 N–H and O–H groups in total. The van der Waals surface area contributed by atoms with Crippen LogP contribution in [0.5, 0.6) is 0 Å². The Morgan fingerprint density at radius 3 is 2.04 bits per heavy atom. The molecule has 0 heterocycles. The minimum atomic E-state index is -1.24. The third-order valence-electron chi connectivity index (χ3n) is 2.55. The number of carbonyl (C=O) groups excluding carboxylic acids is 3. The van der Waals surface area contributed by atoms with Crippen LogP contribution in [0.3, 0.4) is 0 Å². The van der Waals surface area contributed by atoms with Gasteiger partial charge < -0.3 is 31.9 Å². The number of rotatable bonds is 10. The second-order valence-electron chi connectivity index (χ2n) is 4.67. The number of aliphatic carboxylic acids is 2. The van der Waals surface area contributed by atoms with Crippen LogP contribution in [0.15, 0.2) is 0 Å². The van der Waals surface area contributed by atoms with E-state index in [-0.39, 0.29) is 12.8 Å². The molecule has 0 rings (SSSR count). The molecule has 0 aliphatic rings.